The maximum absolute atomic E-state index is 11.8. The van der Waals surface area contributed by atoms with Gasteiger partial charge >= 0.3 is 5.97 Å². The van der Waals surface area contributed by atoms with Crippen molar-refractivity contribution in [1.29, 1.82) is 0 Å². The van der Waals surface area contributed by atoms with E-state index in [0.717, 1.165) is 13.0 Å². The fraction of sp³-hybridized carbons (Fsp3) is 0.611. The van der Waals surface area contributed by atoms with Crippen molar-refractivity contribution in [2.75, 3.05) is 13.6 Å². The summed E-state index contributed by atoms with van der Waals surface area (Å²) in [6.45, 7) is 7.24. The summed E-state index contributed by atoms with van der Waals surface area (Å²) >= 11 is 0. The molecular weight excluding hydrogens is 262 g/mol. The molecule has 3 nitrogen and oxygen atoms in total. The van der Waals surface area contributed by atoms with Gasteiger partial charge in [-0.2, -0.15) is 0 Å². The summed E-state index contributed by atoms with van der Waals surface area (Å²) in [7, 11) is 2.23. The zero-order valence-electron chi connectivity index (χ0n) is 13.5. The molecule has 1 aromatic carbocycles. The van der Waals surface area contributed by atoms with E-state index in [-0.39, 0.29) is 17.3 Å². The molecule has 1 aromatic rings. The van der Waals surface area contributed by atoms with Crippen LogP contribution < -0.4 is 4.74 Å². The number of ether oxygens (including phenoxy) is 1. The number of hydrogen-bond acceptors (Lipinski definition) is 3. The van der Waals surface area contributed by atoms with Gasteiger partial charge in [0.25, 0.3) is 0 Å². The molecule has 1 aliphatic heterocycles. The number of likely N-dealkylation sites (N-methyl/N-ethyl adjacent to an activating group) is 1. The van der Waals surface area contributed by atoms with Crippen molar-refractivity contribution in [2.45, 2.75) is 51.5 Å². The highest BCUT2D eigenvalue weighted by Crippen LogP contribution is 2.45. The van der Waals surface area contributed by atoms with Gasteiger partial charge in [-0.15, -0.1) is 0 Å². The molecule has 3 heteroatoms. The van der Waals surface area contributed by atoms with Gasteiger partial charge in [0.1, 0.15) is 5.75 Å². The molecule has 0 amide bonds. The molecule has 1 aliphatic carbocycles. The second kappa shape index (κ2) is 5.13. The maximum Gasteiger partial charge on any atom is 0.313 e. The Morgan fingerprint density at radius 1 is 1.43 bits per heavy atom. The van der Waals surface area contributed by atoms with Gasteiger partial charge in [0.2, 0.25) is 0 Å². The SMILES string of the molecule is CC(C)C(=O)Oc1ccc2c(c1)C1(C)CCN(C)C(C2)C1. The normalized spacial score (nSPS) is 28.3. The summed E-state index contributed by atoms with van der Waals surface area (Å²) < 4.78 is 5.50. The minimum Gasteiger partial charge on any atom is -0.426 e. The van der Waals surface area contributed by atoms with Crippen molar-refractivity contribution in [3.63, 3.8) is 0 Å². The van der Waals surface area contributed by atoms with Crippen molar-refractivity contribution < 1.29 is 9.53 Å². The number of carbonyl (C=O) groups excluding carboxylic acids is 1. The molecule has 21 heavy (non-hydrogen) atoms. The molecule has 0 radical (unpaired) electrons. The number of rotatable bonds is 2. The molecule has 2 atom stereocenters. The van der Waals surface area contributed by atoms with E-state index in [4.69, 9.17) is 4.74 Å². The van der Waals surface area contributed by atoms with E-state index in [9.17, 15) is 4.79 Å². The topological polar surface area (TPSA) is 29.5 Å². The average Bonchev–Trinajstić information content (AvgIpc) is 2.44. The lowest BCUT2D eigenvalue weighted by Gasteiger charge is -2.48. The molecule has 3 rings (SSSR count). The average molecular weight is 287 g/mol. The molecule has 1 fully saturated rings. The van der Waals surface area contributed by atoms with E-state index in [1.54, 1.807) is 0 Å². The van der Waals surface area contributed by atoms with Gasteiger partial charge in [-0.1, -0.05) is 26.8 Å². The Labute approximate surface area is 127 Å². The first-order valence-electron chi connectivity index (χ1n) is 7.94. The number of esters is 1. The van der Waals surface area contributed by atoms with Gasteiger partial charge in [0.05, 0.1) is 5.92 Å². The standard InChI is InChI=1S/C18H25NO2/c1-12(2)17(20)21-15-6-5-13-9-14-11-18(3,16(13)10-15)7-8-19(14)4/h5-6,10,12,14H,7-9,11H2,1-4H3. The van der Waals surface area contributed by atoms with Crippen LogP contribution in [0.3, 0.4) is 0 Å². The van der Waals surface area contributed by atoms with Crippen molar-refractivity contribution in [1.82, 2.24) is 4.90 Å². The quantitative estimate of drug-likeness (QED) is 0.618. The Morgan fingerprint density at radius 3 is 2.90 bits per heavy atom. The predicted molar refractivity (Wildman–Crippen MR) is 83.6 cm³/mol. The van der Waals surface area contributed by atoms with Gasteiger partial charge < -0.3 is 9.64 Å². The van der Waals surface area contributed by atoms with Crippen LogP contribution in [-0.4, -0.2) is 30.5 Å². The molecule has 1 saturated heterocycles. The smallest absolute Gasteiger partial charge is 0.313 e. The Kier molecular flexibility index (Phi) is 3.56. The van der Waals surface area contributed by atoms with Gasteiger partial charge in [0, 0.05) is 6.04 Å². The van der Waals surface area contributed by atoms with Gasteiger partial charge in [-0.05, 0) is 61.5 Å². The Hall–Kier alpha value is -1.35. The third-order valence-corrected chi connectivity index (χ3v) is 5.20. The summed E-state index contributed by atoms with van der Waals surface area (Å²) in [6.07, 6.45) is 3.49. The second-order valence-electron chi connectivity index (χ2n) is 7.25. The first kappa shape index (κ1) is 14.6. The van der Waals surface area contributed by atoms with Gasteiger partial charge in [0.15, 0.2) is 0 Å². The number of likely N-dealkylation sites (tertiary alicyclic amines) is 1. The molecule has 0 spiro atoms. The summed E-state index contributed by atoms with van der Waals surface area (Å²) in [5.41, 5.74) is 3.04. The van der Waals surface area contributed by atoms with Crippen LogP contribution in [0.4, 0.5) is 0 Å². The van der Waals surface area contributed by atoms with Crippen molar-refractivity contribution in [3.05, 3.63) is 29.3 Å². The molecule has 2 aliphatic rings. The largest absolute Gasteiger partial charge is 0.426 e. The monoisotopic (exact) mass is 287 g/mol. The van der Waals surface area contributed by atoms with E-state index >= 15 is 0 Å². The van der Waals surface area contributed by atoms with E-state index in [1.807, 2.05) is 19.9 Å². The summed E-state index contributed by atoms with van der Waals surface area (Å²) in [6, 6.07) is 6.86. The van der Waals surface area contributed by atoms with Crippen LogP contribution in [-0.2, 0) is 16.6 Å². The Balaban J connectivity index is 1.92. The van der Waals surface area contributed by atoms with Crippen LogP contribution in [0.5, 0.6) is 5.75 Å². The Bertz CT molecular complexity index is 566. The van der Waals surface area contributed by atoms with Crippen molar-refractivity contribution in [3.8, 4) is 5.75 Å². The fourth-order valence-corrected chi connectivity index (χ4v) is 3.70. The zero-order chi connectivity index (χ0) is 15.2. The highest BCUT2D eigenvalue weighted by molar-refractivity contribution is 5.74. The Morgan fingerprint density at radius 2 is 2.19 bits per heavy atom. The van der Waals surface area contributed by atoms with E-state index in [0.29, 0.717) is 11.8 Å². The number of benzene rings is 1. The summed E-state index contributed by atoms with van der Waals surface area (Å²) in [4.78, 5) is 14.3. The minimum absolute atomic E-state index is 0.0932. The second-order valence-corrected chi connectivity index (χ2v) is 7.25. The summed E-state index contributed by atoms with van der Waals surface area (Å²) in [5, 5.41) is 0. The highest BCUT2D eigenvalue weighted by atomic mass is 16.5. The molecule has 2 unspecified atom stereocenters. The van der Waals surface area contributed by atoms with Crippen LogP contribution in [0.25, 0.3) is 0 Å². The predicted octanol–water partition coefficient (Wildman–Crippen LogP) is 3.16. The number of fused-ring (bicyclic) bond motifs is 4. The van der Waals surface area contributed by atoms with Crippen LogP contribution in [0.1, 0.15) is 44.7 Å². The van der Waals surface area contributed by atoms with E-state index in [1.165, 1.54) is 24.0 Å². The van der Waals surface area contributed by atoms with Crippen molar-refractivity contribution >= 4 is 5.97 Å². The number of carbonyl (C=O) groups is 1. The number of hydrogen-bond donors (Lipinski definition) is 0. The molecule has 2 bridgehead atoms. The van der Waals surface area contributed by atoms with Crippen molar-refractivity contribution in [2.24, 2.45) is 5.92 Å². The van der Waals surface area contributed by atoms with Crippen LogP contribution >= 0.6 is 0 Å². The maximum atomic E-state index is 11.8. The molecular formula is C18H25NO2. The van der Waals surface area contributed by atoms with Gasteiger partial charge in [-0.25, -0.2) is 0 Å². The first-order valence-corrected chi connectivity index (χ1v) is 7.94. The lowest BCUT2D eigenvalue weighted by Crippen LogP contribution is -2.50. The molecule has 0 aromatic heterocycles. The lowest BCUT2D eigenvalue weighted by atomic mass is 9.65. The molecule has 0 saturated carbocycles. The van der Waals surface area contributed by atoms with Crippen LogP contribution in [0, 0.1) is 5.92 Å². The first-order chi connectivity index (χ1) is 9.89. The zero-order valence-corrected chi connectivity index (χ0v) is 13.5. The van der Waals surface area contributed by atoms with E-state index < -0.39 is 0 Å². The third-order valence-electron chi connectivity index (χ3n) is 5.20. The molecule has 0 N–H and O–H groups in total. The highest BCUT2D eigenvalue weighted by Gasteiger charge is 2.41. The third kappa shape index (κ3) is 2.59. The lowest BCUT2D eigenvalue weighted by molar-refractivity contribution is -0.137. The van der Waals surface area contributed by atoms with Crippen LogP contribution in [0.2, 0.25) is 0 Å². The fourth-order valence-electron chi connectivity index (χ4n) is 3.70. The minimum atomic E-state index is -0.155. The van der Waals surface area contributed by atoms with Crippen LogP contribution in [0.15, 0.2) is 18.2 Å². The van der Waals surface area contributed by atoms with E-state index in [2.05, 4.69) is 31.0 Å². The number of piperidine rings is 1. The number of nitrogens with zero attached hydrogens (tertiary/aromatic N) is 1. The van der Waals surface area contributed by atoms with Gasteiger partial charge in [-0.3, -0.25) is 4.79 Å². The molecule has 1 heterocycles. The summed E-state index contributed by atoms with van der Waals surface area (Å²) in [5.74, 6) is 0.451. The molecule has 114 valence electrons.